The molecule has 0 aliphatic heterocycles. The minimum absolute atomic E-state index is 0.132. The first-order valence-corrected chi connectivity index (χ1v) is 5.25. The molecule has 2 N–H and O–H groups in total. The van der Waals surface area contributed by atoms with E-state index in [2.05, 4.69) is 0 Å². The van der Waals surface area contributed by atoms with E-state index in [1.165, 1.54) is 9.13 Å². The number of hydrogen-bond acceptors (Lipinski definition) is 3. The molecule has 17 heavy (non-hydrogen) atoms. The topological polar surface area (TPSA) is 67.4 Å². The maximum atomic E-state index is 11.7. The van der Waals surface area contributed by atoms with E-state index < -0.39 is 7.12 Å². The van der Waals surface area contributed by atoms with E-state index in [0.717, 1.165) is 5.56 Å². The standard InChI is InChI=1S/C11H13BN2O3/c1-13-6-7-14(11(13)15)8-9-4-2-3-5-10(9)12(16)17/h2-7,16-17H,8H2,1H3. The van der Waals surface area contributed by atoms with Crippen molar-refractivity contribution in [2.75, 3.05) is 0 Å². The van der Waals surface area contributed by atoms with Crippen LogP contribution in [0.2, 0.25) is 0 Å². The number of aryl methyl sites for hydroxylation is 1. The maximum absolute atomic E-state index is 11.7. The van der Waals surface area contributed by atoms with Gasteiger partial charge in [-0.15, -0.1) is 0 Å². The fourth-order valence-corrected chi connectivity index (χ4v) is 1.74. The number of imidazole rings is 1. The molecule has 1 aromatic heterocycles. The van der Waals surface area contributed by atoms with Crippen LogP contribution in [0.3, 0.4) is 0 Å². The lowest BCUT2D eigenvalue weighted by molar-refractivity contribution is 0.425. The van der Waals surface area contributed by atoms with Gasteiger partial charge in [0.1, 0.15) is 0 Å². The van der Waals surface area contributed by atoms with Crippen LogP contribution in [-0.2, 0) is 13.6 Å². The molecule has 0 bridgehead atoms. The molecule has 0 fully saturated rings. The Labute approximate surface area is 98.7 Å². The lowest BCUT2D eigenvalue weighted by Gasteiger charge is -2.08. The van der Waals surface area contributed by atoms with Crippen LogP contribution >= 0.6 is 0 Å². The SMILES string of the molecule is Cn1ccn(Cc2ccccc2B(O)O)c1=O. The van der Waals surface area contributed by atoms with Gasteiger partial charge in [0.25, 0.3) is 0 Å². The Morgan fingerprint density at radius 2 is 1.94 bits per heavy atom. The number of hydrogen-bond donors (Lipinski definition) is 2. The third-order valence-electron chi connectivity index (χ3n) is 2.69. The van der Waals surface area contributed by atoms with Crippen molar-refractivity contribution >= 4 is 12.6 Å². The highest BCUT2D eigenvalue weighted by Gasteiger charge is 2.15. The summed E-state index contributed by atoms with van der Waals surface area (Å²) in [6.45, 7) is 0.327. The molecule has 0 saturated carbocycles. The van der Waals surface area contributed by atoms with E-state index in [-0.39, 0.29) is 5.69 Å². The Balaban J connectivity index is 2.36. The summed E-state index contributed by atoms with van der Waals surface area (Å²) in [5.74, 6) is 0. The predicted octanol–water partition coefficient (Wildman–Crippen LogP) is -1.09. The van der Waals surface area contributed by atoms with Gasteiger partial charge in [0, 0.05) is 19.4 Å². The zero-order valence-electron chi connectivity index (χ0n) is 9.45. The van der Waals surface area contributed by atoms with Crippen molar-refractivity contribution < 1.29 is 10.0 Å². The lowest BCUT2D eigenvalue weighted by atomic mass is 9.77. The first kappa shape index (κ1) is 11.7. The zero-order chi connectivity index (χ0) is 12.4. The molecule has 0 aliphatic carbocycles. The summed E-state index contributed by atoms with van der Waals surface area (Å²) in [7, 11) is 0.150. The summed E-state index contributed by atoms with van der Waals surface area (Å²) in [6, 6.07) is 6.93. The Kier molecular flexibility index (Phi) is 3.17. The third kappa shape index (κ3) is 2.32. The summed E-state index contributed by atoms with van der Waals surface area (Å²) in [5.41, 5.74) is 1.01. The largest absolute Gasteiger partial charge is 0.488 e. The second kappa shape index (κ2) is 4.61. The Morgan fingerprint density at radius 3 is 2.53 bits per heavy atom. The summed E-state index contributed by atoms with van der Waals surface area (Å²) < 4.78 is 2.99. The van der Waals surface area contributed by atoms with Crippen molar-refractivity contribution in [2.45, 2.75) is 6.54 Å². The molecule has 5 nitrogen and oxygen atoms in total. The first-order valence-electron chi connectivity index (χ1n) is 5.25. The smallest absolute Gasteiger partial charge is 0.423 e. The van der Waals surface area contributed by atoms with Crippen LogP contribution in [-0.4, -0.2) is 26.3 Å². The molecular formula is C11H13BN2O3. The highest BCUT2D eigenvalue weighted by Crippen LogP contribution is 1.99. The molecular weight excluding hydrogens is 219 g/mol. The van der Waals surface area contributed by atoms with Crippen LogP contribution in [0.1, 0.15) is 5.56 Å². The van der Waals surface area contributed by atoms with E-state index in [4.69, 9.17) is 0 Å². The average Bonchev–Trinajstić information content (AvgIpc) is 2.61. The Hall–Kier alpha value is -1.79. The van der Waals surface area contributed by atoms with E-state index in [1.807, 2.05) is 0 Å². The number of rotatable bonds is 3. The van der Waals surface area contributed by atoms with Gasteiger partial charge in [0.05, 0.1) is 6.54 Å². The van der Waals surface area contributed by atoms with Crippen molar-refractivity contribution in [2.24, 2.45) is 7.05 Å². The molecule has 0 unspecified atom stereocenters. The van der Waals surface area contributed by atoms with E-state index in [1.54, 1.807) is 43.7 Å². The van der Waals surface area contributed by atoms with Gasteiger partial charge in [0.2, 0.25) is 0 Å². The molecule has 2 rings (SSSR count). The molecule has 0 saturated heterocycles. The molecule has 0 aliphatic rings. The predicted molar refractivity (Wildman–Crippen MR) is 65.0 cm³/mol. The van der Waals surface area contributed by atoms with Crippen molar-refractivity contribution in [3.05, 3.63) is 52.7 Å². The lowest BCUT2D eigenvalue weighted by Crippen LogP contribution is -2.34. The van der Waals surface area contributed by atoms with Crippen LogP contribution in [0.25, 0.3) is 0 Å². The van der Waals surface area contributed by atoms with Gasteiger partial charge < -0.3 is 14.6 Å². The number of benzene rings is 1. The highest BCUT2D eigenvalue weighted by molar-refractivity contribution is 6.59. The summed E-state index contributed by atoms with van der Waals surface area (Å²) >= 11 is 0. The number of nitrogens with zero attached hydrogens (tertiary/aromatic N) is 2. The van der Waals surface area contributed by atoms with Crippen LogP contribution < -0.4 is 11.2 Å². The first-order chi connectivity index (χ1) is 8.09. The highest BCUT2D eigenvalue weighted by atomic mass is 16.4. The molecule has 1 heterocycles. The minimum Gasteiger partial charge on any atom is -0.423 e. The van der Waals surface area contributed by atoms with Gasteiger partial charge in [-0.2, -0.15) is 0 Å². The molecule has 0 radical (unpaired) electrons. The van der Waals surface area contributed by atoms with Gasteiger partial charge in [-0.3, -0.25) is 4.57 Å². The van der Waals surface area contributed by atoms with Crippen molar-refractivity contribution in [1.29, 1.82) is 0 Å². The fourth-order valence-electron chi connectivity index (χ4n) is 1.74. The second-order valence-electron chi connectivity index (χ2n) is 3.89. The minimum atomic E-state index is -1.52. The van der Waals surface area contributed by atoms with Gasteiger partial charge >= 0.3 is 12.8 Å². The fraction of sp³-hybridized carbons (Fsp3) is 0.182. The van der Waals surface area contributed by atoms with Crippen LogP contribution in [0.15, 0.2) is 41.5 Å². The second-order valence-corrected chi connectivity index (χ2v) is 3.89. The molecule has 88 valence electrons. The van der Waals surface area contributed by atoms with E-state index in [0.29, 0.717) is 12.0 Å². The molecule has 0 amide bonds. The maximum Gasteiger partial charge on any atom is 0.488 e. The van der Waals surface area contributed by atoms with Gasteiger partial charge in [-0.1, -0.05) is 24.3 Å². The van der Waals surface area contributed by atoms with Crippen LogP contribution in [0, 0.1) is 0 Å². The van der Waals surface area contributed by atoms with Crippen LogP contribution in [0.4, 0.5) is 0 Å². The van der Waals surface area contributed by atoms with Crippen molar-refractivity contribution in [3.8, 4) is 0 Å². The van der Waals surface area contributed by atoms with Gasteiger partial charge in [0.15, 0.2) is 0 Å². The van der Waals surface area contributed by atoms with Crippen molar-refractivity contribution in [1.82, 2.24) is 9.13 Å². The monoisotopic (exact) mass is 232 g/mol. The summed E-state index contributed by atoms with van der Waals surface area (Å²) in [4.78, 5) is 11.7. The Bertz CT molecular complexity index is 574. The molecule has 1 aromatic carbocycles. The van der Waals surface area contributed by atoms with E-state index >= 15 is 0 Å². The molecule has 2 aromatic rings. The van der Waals surface area contributed by atoms with Crippen molar-refractivity contribution in [3.63, 3.8) is 0 Å². The quantitative estimate of drug-likeness (QED) is 0.661. The third-order valence-corrected chi connectivity index (χ3v) is 2.69. The summed E-state index contributed by atoms with van der Waals surface area (Å²) in [6.07, 6.45) is 3.34. The molecule has 0 atom stereocenters. The Morgan fingerprint density at radius 1 is 1.24 bits per heavy atom. The summed E-state index contributed by atoms with van der Waals surface area (Å²) in [5, 5.41) is 18.4. The number of aromatic nitrogens is 2. The van der Waals surface area contributed by atoms with Gasteiger partial charge in [-0.05, 0) is 11.0 Å². The molecule has 0 spiro atoms. The zero-order valence-corrected chi connectivity index (χ0v) is 9.45. The molecule has 6 heteroatoms. The van der Waals surface area contributed by atoms with E-state index in [9.17, 15) is 14.8 Å². The average molecular weight is 232 g/mol. The van der Waals surface area contributed by atoms with Crippen LogP contribution in [0.5, 0.6) is 0 Å². The van der Waals surface area contributed by atoms with Gasteiger partial charge in [-0.25, -0.2) is 4.79 Å². The normalized spacial score (nSPS) is 10.5.